The number of imidazole rings is 1. The lowest BCUT2D eigenvalue weighted by Crippen LogP contribution is -2.69. The van der Waals surface area contributed by atoms with Gasteiger partial charge in [-0.15, -0.1) is 0 Å². The summed E-state index contributed by atoms with van der Waals surface area (Å²) in [5, 5.41) is 181. The van der Waals surface area contributed by atoms with E-state index in [1.807, 2.05) is 0 Å². The second-order valence-corrected chi connectivity index (χ2v) is 26.5. The lowest BCUT2D eigenvalue weighted by molar-refractivity contribution is -0.352. The lowest BCUT2D eigenvalue weighted by atomic mass is 9.94. The zero-order valence-corrected chi connectivity index (χ0v) is 60.2. The molecule has 0 unspecified atom stereocenters. The molecule has 0 saturated carbocycles. The Morgan fingerprint density at radius 2 is 1.09 bits per heavy atom. The number of aromatic nitrogens is 2. The van der Waals surface area contributed by atoms with Crippen molar-refractivity contribution in [3.8, 4) is 0 Å². The monoisotopic (exact) mass is 1580 g/mol. The number of nitrogens with zero attached hydrogens (tertiary/aromatic N) is 2. The van der Waals surface area contributed by atoms with Crippen LogP contribution in [0.2, 0.25) is 0 Å². The van der Waals surface area contributed by atoms with Crippen LogP contribution in [0.1, 0.15) is 72.9 Å². The molecule has 0 radical (unpaired) electrons. The van der Waals surface area contributed by atoms with Crippen molar-refractivity contribution in [3.63, 3.8) is 0 Å². The molecule has 48 heteroatoms. The SMILES string of the molecule is CC(=O)N[C@H]1[C@H](OC[C@H]2O[C@H](O[C@H](C)[C@@H](NC(=O)[C@@H](NC(=O)[C@H](CCC(=O)O)NC(=O)[C@@H](N)[C@@H](C)O)[C@@H](C)O)C(=O)N[C@@H](CO)C(=O)N[C@@H](Cc3cnc[nH]3)C(=O)N[C@@H](CO)C(=O)N[C@H](C(=O)N3CCC[C@H]3C(=O)NCC(=O)O)[C@@H](C)O)[C@H](NC(C)=O)[C@@H](O[C@@H]3O[C@H](CO)[C@H](O)[C@H](O)[C@H]3O)[C@H]2O)O[C@H](CO)[C@@H](O)[C@@H]1O. The molecule has 5 heterocycles. The predicted octanol–water partition coefficient (Wildman–Crippen LogP) is -16.0. The Bertz CT molecular complexity index is 3290. The fraction of sp³-hybridized carbons (Fsp3) is 0.742. The van der Waals surface area contributed by atoms with E-state index in [0.717, 1.165) is 52.8 Å². The molecule has 4 aliphatic rings. The number of H-pyrrole nitrogens is 1. The Morgan fingerprint density at radius 1 is 0.582 bits per heavy atom. The summed E-state index contributed by atoms with van der Waals surface area (Å²) in [6.07, 6.45) is -33.0. The number of nitrogens with one attached hydrogen (secondary N) is 11. The summed E-state index contributed by atoms with van der Waals surface area (Å²) in [5.41, 5.74) is 5.83. The Labute approximate surface area is 625 Å². The summed E-state index contributed by atoms with van der Waals surface area (Å²) in [6, 6.07) is -21.3. The first-order valence-corrected chi connectivity index (χ1v) is 34.6. The molecule has 0 aromatic carbocycles. The Morgan fingerprint density at radius 3 is 1.64 bits per heavy atom. The average Bonchev–Trinajstić information content (AvgIpc) is 0.980. The molecule has 1 aromatic rings. The van der Waals surface area contributed by atoms with Gasteiger partial charge in [0.1, 0.15) is 134 Å². The number of aliphatic carboxylic acids is 2. The van der Waals surface area contributed by atoms with Crippen LogP contribution in [-0.2, 0) is 97.2 Å². The minimum Gasteiger partial charge on any atom is -0.481 e. The number of rotatable bonds is 40. The molecule has 622 valence electrons. The standard InChI is InChI=1S/C62H100N14O34/c1-21(81)38(63)56(101)69-28(9-10-36(86)87)51(96)73-39(22(2)82)57(102)75-41(24(4)106-61-43(68-26(6)85)50(110-62-49(95)48(94)45(91)34(18-80)108-62)46(92)35(109-61)19-105-60-42(67-25(5)84)47(93)44(90)33(17-79)107-60)58(103)72-30(15-77)53(98)70-29(12-27-13-64-20-66-27)52(97)71-31(16-78)54(99)74-40(23(3)83)59(104)76-11-7-8-32(76)55(100)65-14-37(88)89/h13,20-24,28-35,38-50,60-62,77-83,90-95H,7-12,14-19,63H2,1-6H3,(H,64,66)(H,65,100)(H,67,84)(H,68,85)(H,69,101)(H,70,98)(H,71,97)(H,72,103)(H,73,96)(H,74,99)(H,75,102)(H,86,87)(H,88,89)/t21-,22-,23-,24-,28+,29+,30+,31+,32+,33-,34-,35-,38+,39+,40+,41-,42-,43-,44-,45+,46+,47-,48+,49-,50-,60-,61+,62+/m1/s1. The predicted molar refractivity (Wildman–Crippen MR) is 358 cm³/mol. The smallest absolute Gasteiger partial charge is 0.322 e. The topological polar surface area (TPSA) is 759 Å². The first-order chi connectivity index (χ1) is 51.7. The summed E-state index contributed by atoms with van der Waals surface area (Å²) in [5.74, 6) is -16.5. The fourth-order valence-corrected chi connectivity index (χ4v) is 11.9. The van der Waals surface area contributed by atoms with Crippen molar-refractivity contribution in [2.45, 2.75) is 244 Å². The van der Waals surface area contributed by atoms with Gasteiger partial charge < -0.3 is 174 Å². The minimum atomic E-state index is -2.44. The summed E-state index contributed by atoms with van der Waals surface area (Å²) < 4.78 is 35.7. The number of likely N-dealkylation sites (tertiary alicyclic amines) is 1. The van der Waals surface area contributed by atoms with E-state index in [4.69, 9.17) is 39.3 Å². The molecule has 28 atom stereocenters. The van der Waals surface area contributed by atoms with Crippen LogP contribution in [0.3, 0.4) is 0 Å². The van der Waals surface area contributed by atoms with E-state index in [2.05, 4.69) is 63.1 Å². The van der Waals surface area contributed by atoms with Crippen molar-refractivity contribution in [3.05, 3.63) is 18.2 Å². The number of aliphatic hydroxyl groups is 13. The maximum atomic E-state index is 15.2. The van der Waals surface area contributed by atoms with Gasteiger partial charge in [-0.25, -0.2) is 4.98 Å². The fourth-order valence-electron chi connectivity index (χ4n) is 11.9. The van der Waals surface area contributed by atoms with Crippen LogP contribution in [-0.4, -0.2) is 385 Å². The molecule has 0 bridgehead atoms. The third-order valence-corrected chi connectivity index (χ3v) is 18.0. The quantitative estimate of drug-likeness (QED) is 0.0290. The van der Waals surface area contributed by atoms with Crippen LogP contribution in [0.4, 0.5) is 0 Å². The second kappa shape index (κ2) is 42.8. The number of hydrogen-bond acceptors (Lipinski definition) is 34. The van der Waals surface area contributed by atoms with Crippen LogP contribution in [0, 0.1) is 0 Å². The van der Waals surface area contributed by atoms with Crippen LogP contribution < -0.4 is 58.9 Å². The molecular weight excluding hydrogens is 1480 g/mol. The van der Waals surface area contributed by atoms with Crippen molar-refractivity contribution in [2.24, 2.45) is 5.73 Å². The molecule has 110 heavy (non-hydrogen) atoms. The molecule has 4 saturated heterocycles. The van der Waals surface area contributed by atoms with Gasteiger partial charge in [-0.05, 0) is 47.0 Å². The lowest BCUT2D eigenvalue weighted by Gasteiger charge is -2.48. The van der Waals surface area contributed by atoms with Gasteiger partial charge in [-0.2, -0.15) is 0 Å². The number of ether oxygens (including phenoxy) is 6. The van der Waals surface area contributed by atoms with Crippen molar-refractivity contribution < 1.29 is 167 Å². The minimum absolute atomic E-state index is 0.0569. The summed E-state index contributed by atoms with van der Waals surface area (Å²) in [6.45, 7) is -0.580. The molecule has 5 rings (SSSR count). The van der Waals surface area contributed by atoms with E-state index < -0.39 is 307 Å². The van der Waals surface area contributed by atoms with E-state index in [1.54, 1.807) is 0 Å². The molecule has 4 aliphatic heterocycles. The van der Waals surface area contributed by atoms with Gasteiger partial charge in [0.2, 0.25) is 65.0 Å². The van der Waals surface area contributed by atoms with Crippen molar-refractivity contribution in [2.75, 3.05) is 46.1 Å². The van der Waals surface area contributed by atoms with Crippen LogP contribution in [0.5, 0.6) is 0 Å². The zero-order valence-electron chi connectivity index (χ0n) is 60.2. The van der Waals surface area contributed by atoms with E-state index in [0.29, 0.717) is 0 Å². The number of hydrogen-bond donors (Lipinski definition) is 27. The third-order valence-electron chi connectivity index (χ3n) is 18.0. The maximum absolute atomic E-state index is 15.2. The normalized spacial score (nSPS) is 28.7. The van der Waals surface area contributed by atoms with Gasteiger partial charge in [0.05, 0.1) is 63.8 Å². The van der Waals surface area contributed by atoms with E-state index in [1.165, 1.54) is 6.20 Å². The third kappa shape index (κ3) is 25.3. The van der Waals surface area contributed by atoms with Crippen molar-refractivity contribution in [1.82, 2.24) is 68.0 Å². The van der Waals surface area contributed by atoms with Gasteiger partial charge in [-0.1, -0.05) is 0 Å². The molecular formula is C62H100N14O34. The number of nitrogens with two attached hydrogens (primary N) is 1. The molecule has 4 fully saturated rings. The van der Waals surface area contributed by atoms with Crippen LogP contribution in [0.15, 0.2) is 12.5 Å². The molecule has 28 N–H and O–H groups in total. The number of aromatic amines is 1. The van der Waals surface area contributed by atoms with Crippen molar-refractivity contribution >= 4 is 76.9 Å². The highest BCUT2D eigenvalue weighted by atomic mass is 16.7. The first kappa shape index (κ1) is 92.1. The average molecular weight is 1590 g/mol. The zero-order chi connectivity index (χ0) is 82.5. The molecule has 0 aliphatic carbocycles. The summed E-state index contributed by atoms with van der Waals surface area (Å²) in [4.78, 5) is 182. The molecule has 48 nitrogen and oxygen atoms in total. The Kier molecular flexibility index (Phi) is 35.8. The van der Waals surface area contributed by atoms with Crippen LogP contribution >= 0.6 is 0 Å². The van der Waals surface area contributed by atoms with Crippen molar-refractivity contribution in [1.29, 1.82) is 0 Å². The van der Waals surface area contributed by atoms with Gasteiger partial charge >= 0.3 is 11.9 Å². The summed E-state index contributed by atoms with van der Waals surface area (Å²) in [7, 11) is 0. The molecule has 0 spiro atoms. The molecule has 11 amide bonds. The highest BCUT2D eigenvalue weighted by molar-refractivity contribution is 5.99. The number of carboxylic acid groups (broad SMARTS) is 2. The highest BCUT2D eigenvalue weighted by Crippen LogP contribution is 2.32. The molecule has 1 aromatic heterocycles. The highest BCUT2D eigenvalue weighted by Gasteiger charge is 2.54. The Hall–Kier alpha value is -8.48. The largest absolute Gasteiger partial charge is 0.481 e. The number of carbonyl (C=O) groups excluding carboxylic acids is 11. The van der Waals surface area contributed by atoms with Gasteiger partial charge in [0, 0.05) is 45.1 Å². The summed E-state index contributed by atoms with van der Waals surface area (Å²) >= 11 is 0. The Balaban J connectivity index is 1.57. The number of carbonyl (C=O) groups is 13. The van der Waals surface area contributed by atoms with Crippen LogP contribution in [0.25, 0.3) is 0 Å². The number of aliphatic hydroxyl groups excluding tert-OH is 13. The first-order valence-electron chi connectivity index (χ1n) is 34.6. The number of carboxylic acids is 2. The van der Waals surface area contributed by atoms with Gasteiger partial charge in [0.15, 0.2) is 18.9 Å². The number of amides is 11. The second-order valence-electron chi connectivity index (χ2n) is 26.5. The van der Waals surface area contributed by atoms with Gasteiger partial charge in [-0.3, -0.25) is 62.3 Å². The van der Waals surface area contributed by atoms with Gasteiger partial charge in [0.25, 0.3) is 0 Å². The maximum Gasteiger partial charge on any atom is 0.322 e. The van der Waals surface area contributed by atoms with E-state index in [-0.39, 0.29) is 25.1 Å². The van der Waals surface area contributed by atoms with E-state index >= 15 is 4.79 Å². The van der Waals surface area contributed by atoms with E-state index in [9.17, 15) is 129 Å².